The van der Waals surface area contributed by atoms with Crippen molar-refractivity contribution < 1.29 is 19.8 Å². The summed E-state index contributed by atoms with van der Waals surface area (Å²) in [5.41, 5.74) is -0.980. The number of aliphatic carboxylic acids is 2. The van der Waals surface area contributed by atoms with E-state index in [1.165, 1.54) is 18.2 Å². The van der Waals surface area contributed by atoms with E-state index in [1.54, 1.807) is 0 Å². The van der Waals surface area contributed by atoms with Gasteiger partial charge >= 0.3 is 11.9 Å². The number of hydrogen-bond donors (Lipinski definition) is 2. The Morgan fingerprint density at radius 3 is 2.29 bits per heavy atom. The second kappa shape index (κ2) is 3.89. The van der Waals surface area contributed by atoms with Gasteiger partial charge in [-0.3, -0.25) is 9.59 Å². The van der Waals surface area contributed by atoms with E-state index in [0.717, 1.165) is 0 Å². The van der Waals surface area contributed by atoms with E-state index in [9.17, 15) is 14.7 Å². The normalized spacial score (nSPS) is 26.6. The van der Waals surface area contributed by atoms with E-state index in [1.807, 2.05) is 0 Å². The van der Waals surface area contributed by atoms with Gasteiger partial charge in [-0.15, -0.1) is 0 Å². The van der Waals surface area contributed by atoms with Crippen molar-refractivity contribution in [1.29, 1.82) is 0 Å². The van der Waals surface area contributed by atoms with Gasteiger partial charge in [-0.1, -0.05) is 29.3 Å². The summed E-state index contributed by atoms with van der Waals surface area (Å²) in [5.74, 6) is -3.17. The van der Waals surface area contributed by atoms with E-state index in [2.05, 4.69) is 0 Å². The second-order valence-electron chi connectivity index (χ2n) is 4.00. The summed E-state index contributed by atoms with van der Waals surface area (Å²) in [6.45, 7) is 0. The lowest BCUT2D eigenvalue weighted by Crippen LogP contribution is -2.25. The Kier molecular flexibility index (Phi) is 2.79. The average molecular weight is 275 g/mol. The van der Waals surface area contributed by atoms with Gasteiger partial charge < -0.3 is 10.2 Å². The highest BCUT2D eigenvalue weighted by molar-refractivity contribution is 6.42. The smallest absolute Gasteiger partial charge is 0.315 e. The summed E-state index contributed by atoms with van der Waals surface area (Å²) in [6, 6.07) is 4.40. The summed E-state index contributed by atoms with van der Waals surface area (Å²) < 4.78 is 0. The number of benzene rings is 1. The van der Waals surface area contributed by atoms with E-state index in [4.69, 9.17) is 28.3 Å². The summed E-state index contributed by atoms with van der Waals surface area (Å²) in [5, 5.41) is 18.6. The first kappa shape index (κ1) is 12.2. The van der Waals surface area contributed by atoms with Crippen molar-refractivity contribution in [3.8, 4) is 0 Å². The van der Waals surface area contributed by atoms with Crippen LogP contribution in [0.3, 0.4) is 0 Å². The van der Waals surface area contributed by atoms with Crippen molar-refractivity contribution in [1.82, 2.24) is 0 Å². The molecule has 1 aromatic rings. The van der Waals surface area contributed by atoms with Crippen LogP contribution in [0, 0.1) is 5.92 Å². The van der Waals surface area contributed by atoms with Gasteiger partial charge in [0.25, 0.3) is 0 Å². The number of hydrogen-bond acceptors (Lipinski definition) is 2. The minimum atomic E-state index is -1.36. The molecule has 2 N–H and O–H groups in total. The average Bonchev–Trinajstić information content (AvgIpc) is 2.98. The second-order valence-corrected chi connectivity index (χ2v) is 4.81. The molecule has 2 unspecified atom stereocenters. The van der Waals surface area contributed by atoms with Crippen molar-refractivity contribution in [2.45, 2.75) is 11.8 Å². The molecule has 0 radical (unpaired) electrons. The zero-order valence-electron chi connectivity index (χ0n) is 8.48. The predicted octanol–water partition coefficient (Wildman–Crippen LogP) is 2.42. The lowest BCUT2D eigenvalue weighted by atomic mass is 9.93. The molecule has 1 aliphatic carbocycles. The molecule has 0 aliphatic heterocycles. The molecular weight excluding hydrogens is 267 g/mol. The summed E-state index contributed by atoms with van der Waals surface area (Å²) in [6.07, 6.45) is 0.0790. The molecule has 2 rings (SSSR count). The Hall–Kier alpha value is -1.26. The number of rotatable bonds is 3. The highest BCUT2D eigenvalue weighted by Gasteiger charge is 2.65. The van der Waals surface area contributed by atoms with Gasteiger partial charge in [-0.05, 0) is 24.1 Å². The molecule has 1 aliphatic rings. The van der Waals surface area contributed by atoms with Gasteiger partial charge in [-0.2, -0.15) is 0 Å². The fraction of sp³-hybridized carbons (Fsp3) is 0.273. The van der Waals surface area contributed by atoms with Crippen LogP contribution in [0.2, 0.25) is 10.0 Å². The van der Waals surface area contributed by atoms with Crippen LogP contribution in [-0.2, 0) is 15.0 Å². The Morgan fingerprint density at radius 1 is 1.24 bits per heavy atom. The quantitative estimate of drug-likeness (QED) is 0.888. The fourth-order valence-corrected chi connectivity index (χ4v) is 2.31. The molecule has 90 valence electrons. The number of halogens is 2. The van der Waals surface area contributed by atoms with Crippen molar-refractivity contribution in [2.24, 2.45) is 5.92 Å². The molecule has 17 heavy (non-hydrogen) atoms. The molecule has 6 heteroatoms. The van der Waals surface area contributed by atoms with E-state index in [0.29, 0.717) is 10.6 Å². The monoisotopic (exact) mass is 274 g/mol. The molecule has 0 spiro atoms. The van der Waals surface area contributed by atoms with Crippen LogP contribution in [0.5, 0.6) is 0 Å². The van der Waals surface area contributed by atoms with E-state index < -0.39 is 23.3 Å². The van der Waals surface area contributed by atoms with Crippen LogP contribution < -0.4 is 0 Å². The van der Waals surface area contributed by atoms with Gasteiger partial charge in [0.05, 0.1) is 16.0 Å². The van der Waals surface area contributed by atoms with Crippen molar-refractivity contribution in [3.63, 3.8) is 0 Å². The third kappa shape index (κ3) is 1.77. The lowest BCUT2D eigenvalue weighted by Gasteiger charge is -2.12. The summed E-state index contributed by atoms with van der Waals surface area (Å²) in [7, 11) is 0. The van der Waals surface area contributed by atoms with Gasteiger partial charge in [0.2, 0.25) is 0 Å². The van der Waals surface area contributed by atoms with E-state index >= 15 is 0 Å². The minimum Gasteiger partial charge on any atom is -0.481 e. The van der Waals surface area contributed by atoms with Gasteiger partial charge in [0, 0.05) is 0 Å². The minimum absolute atomic E-state index is 0.0790. The molecule has 0 saturated heterocycles. The SMILES string of the molecule is O=C(O)C1CC1(C(=O)O)c1ccc(Cl)c(Cl)c1. The van der Waals surface area contributed by atoms with Crippen LogP contribution in [0.25, 0.3) is 0 Å². The van der Waals surface area contributed by atoms with Gasteiger partial charge in [0.1, 0.15) is 5.41 Å². The van der Waals surface area contributed by atoms with Gasteiger partial charge in [-0.25, -0.2) is 0 Å². The van der Waals surface area contributed by atoms with Crippen molar-refractivity contribution in [3.05, 3.63) is 33.8 Å². The maximum atomic E-state index is 11.3. The summed E-state index contributed by atoms with van der Waals surface area (Å²) in [4.78, 5) is 22.1. The topological polar surface area (TPSA) is 74.6 Å². The van der Waals surface area contributed by atoms with Crippen molar-refractivity contribution in [2.75, 3.05) is 0 Å². The van der Waals surface area contributed by atoms with Crippen LogP contribution in [0.15, 0.2) is 18.2 Å². The van der Waals surface area contributed by atoms with Crippen LogP contribution in [0.1, 0.15) is 12.0 Å². The Balaban J connectivity index is 2.46. The largest absolute Gasteiger partial charge is 0.481 e. The maximum absolute atomic E-state index is 11.3. The molecule has 1 fully saturated rings. The van der Waals surface area contributed by atoms with Crippen molar-refractivity contribution >= 4 is 35.1 Å². The zero-order valence-corrected chi connectivity index (χ0v) is 10.00. The molecule has 0 heterocycles. The zero-order chi connectivity index (χ0) is 12.8. The number of carboxylic acid groups (broad SMARTS) is 2. The molecule has 2 atom stereocenters. The molecule has 0 amide bonds. The van der Waals surface area contributed by atoms with Crippen LogP contribution in [0.4, 0.5) is 0 Å². The highest BCUT2D eigenvalue weighted by atomic mass is 35.5. The molecule has 0 aromatic heterocycles. The molecule has 1 saturated carbocycles. The molecule has 1 aromatic carbocycles. The summed E-state index contributed by atoms with van der Waals surface area (Å²) >= 11 is 11.5. The van der Waals surface area contributed by atoms with Crippen LogP contribution in [-0.4, -0.2) is 22.2 Å². The highest BCUT2D eigenvalue weighted by Crippen LogP contribution is 2.55. The Labute approximate surface area is 107 Å². The first-order chi connectivity index (χ1) is 7.89. The first-order valence-electron chi connectivity index (χ1n) is 4.81. The molecule has 0 bridgehead atoms. The molecule has 4 nitrogen and oxygen atoms in total. The predicted molar refractivity (Wildman–Crippen MR) is 61.5 cm³/mol. The Morgan fingerprint density at radius 2 is 1.88 bits per heavy atom. The van der Waals surface area contributed by atoms with Gasteiger partial charge in [0.15, 0.2) is 0 Å². The molecular formula is C11H8Cl2O4. The standard InChI is InChI=1S/C11H8Cl2O4/c12-7-2-1-5(3-8(7)13)11(10(16)17)4-6(11)9(14)15/h1-3,6H,4H2,(H,14,15)(H,16,17). The fourth-order valence-electron chi connectivity index (χ4n) is 2.01. The first-order valence-corrected chi connectivity index (χ1v) is 5.57. The maximum Gasteiger partial charge on any atom is 0.315 e. The third-order valence-electron chi connectivity index (χ3n) is 3.08. The lowest BCUT2D eigenvalue weighted by molar-refractivity contribution is -0.145. The number of carbonyl (C=O) groups is 2. The van der Waals surface area contributed by atoms with E-state index in [-0.39, 0.29) is 11.4 Å². The third-order valence-corrected chi connectivity index (χ3v) is 3.81. The Bertz CT molecular complexity index is 514. The van der Waals surface area contributed by atoms with Crippen LogP contribution >= 0.6 is 23.2 Å². The number of carboxylic acids is 2.